The fourth-order valence-corrected chi connectivity index (χ4v) is 3.41. The summed E-state index contributed by atoms with van der Waals surface area (Å²) in [6, 6.07) is -0.587. The van der Waals surface area contributed by atoms with Gasteiger partial charge in [-0.2, -0.15) is 0 Å². The summed E-state index contributed by atoms with van der Waals surface area (Å²) in [5.74, 6) is -3.45. The largest absolute Gasteiger partial charge is 0.489 e. The van der Waals surface area contributed by atoms with Crippen molar-refractivity contribution in [3.05, 3.63) is 25.8 Å². The minimum absolute atomic E-state index is 0.0356. The van der Waals surface area contributed by atoms with E-state index in [1.807, 2.05) is 0 Å². The molecule has 2 aliphatic rings. The first-order valence-electron chi connectivity index (χ1n) is 6.60. The van der Waals surface area contributed by atoms with Crippen molar-refractivity contribution in [3.63, 3.8) is 0 Å². The second kappa shape index (κ2) is 5.93. The standard InChI is InChI=1S/C13H10ClF2IN2O4/c14-7-10(17)9(16)8(15)6-11(7)23-4-5-3-18(13(21)22)1-2-19(5)12(6)20/h5H,1-4H2,(H,21,22)/t5-/m1/s1. The Balaban J connectivity index is 2.04. The van der Waals surface area contributed by atoms with Crippen molar-refractivity contribution >= 4 is 46.2 Å². The number of nitrogens with zero attached hydrogens (tertiary/aromatic N) is 2. The van der Waals surface area contributed by atoms with Crippen molar-refractivity contribution in [3.8, 4) is 5.75 Å². The monoisotopic (exact) mass is 458 g/mol. The number of carbonyl (C=O) groups excluding carboxylic acids is 1. The molecule has 2 aliphatic heterocycles. The van der Waals surface area contributed by atoms with E-state index in [-0.39, 0.29) is 40.6 Å². The van der Waals surface area contributed by atoms with Gasteiger partial charge in [0.2, 0.25) is 0 Å². The molecule has 1 atom stereocenters. The van der Waals surface area contributed by atoms with Crippen molar-refractivity contribution in [1.82, 2.24) is 9.80 Å². The van der Waals surface area contributed by atoms with Crippen molar-refractivity contribution in [2.24, 2.45) is 0 Å². The van der Waals surface area contributed by atoms with Crippen LogP contribution in [0, 0.1) is 15.2 Å². The average molecular weight is 459 g/mol. The van der Waals surface area contributed by atoms with Crippen molar-refractivity contribution in [2.45, 2.75) is 6.04 Å². The molecule has 23 heavy (non-hydrogen) atoms. The molecule has 1 aromatic carbocycles. The third-order valence-corrected chi connectivity index (χ3v) is 5.56. The normalized spacial score (nSPS) is 20.5. The SMILES string of the molecule is O=C(O)N1CCN2C(=O)c3c(F)c(F)c(I)c(Cl)c3OC[C@H]2C1. The van der Waals surface area contributed by atoms with Gasteiger partial charge >= 0.3 is 6.09 Å². The van der Waals surface area contributed by atoms with Crippen LogP contribution in [0.3, 0.4) is 0 Å². The van der Waals surface area contributed by atoms with Gasteiger partial charge in [0, 0.05) is 19.6 Å². The molecular formula is C13H10ClF2IN2O4. The van der Waals surface area contributed by atoms with E-state index in [0.29, 0.717) is 0 Å². The highest BCUT2D eigenvalue weighted by Gasteiger charge is 2.40. The van der Waals surface area contributed by atoms with Crippen LogP contribution in [0.2, 0.25) is 5.02 Å². The zero-order valence-corrected chi connectivity index (χ0v) is 14.4. The van der Waals surface area contributed by atoms with E-state index in [1.165, 1.54) is 27.5 Å². The van der Waals surface area contributed by atoms with Crippen LogP contribution < -0.4 is 4.74 Å². The second-order valence-corrected chi connectivity index (χ2v) is 6.61. The van der Waals surface area contributed by atoms with E-state index >= 15 is 0 Å². The third-order valence-electron chi connectivity index (χ3n) is 3.87. The molecule has 1 N–H and O–H groups in total. The molecule has 2 amide bonds. The first kappa shape index (κ1) is 16.5. The predicted molar refractivity (Wildman–Crippen MR) is 84.0 cm³/mol. The molecule has 0 bridgehead atoms. The van der Waals surface area contributed by atoms with Crippen LogP contribution in [-0.4, -0.2) is 59.2 Å². The molecule has 0 saturated carbocycles. The quantitative estimate of drug-likeness (QED) is 0.368. The number of ether oxygens (including phenoxy) is 1. The third kappa shape index (κ3) is 2.59. The molecule has 1 aromatic rings. The van der Waals surface area contributed by atoms with Gasteiger partial charge in [0.05, 0.1) is 14.6 Å². The number of benzene rings is 1. The van der Waals surface area contributed by atoms with Crippen molar-refractivity contribution in [2.75, 3.05) is 26.2 Å². The van der Waals surface area contributed by atoms with Crippen molar-refractivity contribution < 1.29 is 28.2 Å². The Morgan fingerprint density at radius 3 is 2.70 bits per heavy atom. The van der Waals surface area contributed by atoms with Gasteiger partial charge in [0.25, 0.3) is 5.91 Å². The summed E-state index contributed by atoms with van der Waals surface area (Å²) in [4.78, 5) is 26.1. The number of rotatable bonds is 0. The summed E-state index contributed by atoms with van der Waals surface area (Å²) in [6.45, 7) is 0.148. The molecule has 1 fully saturated rings. The van der Waals surface area contributed by atoms with E-state index < -0.39 is 35.2 Å². The molecule has 0 unspecified atom stereocenters. The van der Waals surface area contributed by atoms with Gasteiger partial charge < -0.3 is 19.6 Å². The lowest BCUT2D eigenvalue weighted by Crippen LogP contribution is -2.57. The Hall–Kier alpha value is -1.36. The maximum Gasteiger partial charge on any atom is 0.407 e. The highest BCUT2D eigenvalue weighted by molar-refractivity contribution is 14.1. The molecule has 124 valence electrons. The molecule has 0 aromatic heterocycles. The van der Waals surface area contributed by atoms with Gasteiger partial charge in [-0.05, 0) is 22.6 Å². The topological polar surface area (TPSA) is 70.1 Å². The molecular weight excluding hydrogens is 449 g/mol. The molecule has 0 radical (unpaired) electrons. The Bertz CT molecular complexity index is 718. The smallest absolute Gasteiger partial charge is 0.407 e. The zero-order valence-electron chi connectivity index (χ0n) is 11.5. The van der Waals surface area contributed by atoms with E-state index in [1.54, 1.807) is 0 Å². The minimum atomic E-state index is -1.31. The minimum Gasteiger partial charge on any atom is -0.489 e. The summed E-state index contributed by atoms with van der Waals surface area (Å²) in [7, 11) is 0. The summed E-state index contributed by atoms with van der Waals surface area (Å²) in [5, 5.41) is 8.89. The Kier molecular flexibility index (Phi) is 4.25. The van der Waals surface area contributed by atoms with Crippen LogP contribution in [0.15, 0.2) is 0 Å². The molecule has 3 rings (SSSR count). The Labute approximate surface area is 148 Å². The lowest BCUT2D eigenvalue weighted by atomic mass is 10.1. The molecule has 10 heteroatoms. The first-order chi connectivity index (χ1) is 10.8. The number of fused-ring (bicyclic) bond motifs is 2. The van der Waals surface area contributed by atoms with E-state index in [2.05, 4.69) is 0 Å². The van der Waals surface area contributed by atoms with Crippen LogP contribution in [0.25, 0.3) is 0 Å². The van der Waals surface area contributed by atoms with Gasteiger partial charge in [0.1, 0.15) is 12.2 Å². The number of amides is 2. The molecule has 6 nitrogen and oxygen atoms in total. The maximum absolute atomic E-state index is 14.2. The Morgan fingerprint density at radius 1 is 1.35 bits per heavy atom. The lowest BCUT2D eigenvalue weighted by Gasteiger charge is -2.38. The number of carbonyl (C=O) groups is 2. The average Bonchev–Trinajstić information content (AvgIpc) is 2.67. The van der Waals surface area contributed by atoms with Crippen LogP contribution in [0.5, 0.6) is 5.75 Å². The van der Waals surface area contributed by atoms with E-state index in [9.17, 15) is 18.4 Å². The highest BCUT2D eigenvalue weighted by atomic mass is 127. The molecule has 2 heterocycles. The fourth-order valence-electron chi connectivity index (χ4n) is 2.70. The molecule has 0 spiro atoms. The van der Waals surface area contributed by atoms with Gasteiger partial charge in [-0.15, -0.1) is 0 Å². The number of carboxylic acid groups (broad SMARTS) is 1. The van der Waals surface area contributed by atoms with Gasteiger partial charge in [-0.1, -0.05) is 11.6 Å². The highest BCUT2D eigenvalue weighted by Crippen LogP contribution is 2.40. The van der Waals surface area contributed by atoms with E-state index in [4.69, 9.17) is 21.4 Å². The number of halogens is 4. The molecule has 1 saturated heterocycles. The summed E-state index contributed by atoms with van der Waals surface area (Å²) < 4.78 is 33.4. The van der Waals surface area contributed by atoms with Crippen LogP contribution in [0.1, 0.15) is 10.4 Å². The second-order valence-electron chi connectivity index (χ2n) is 5.15. The number of piperazine rings is 1. The maximum atomic E-state index is 14.2. The van der Waals surface area contributed by atoms with Crippen molar-refractivity contribution in [1.29, 1.82) is 0 Å². The molecule has 0 aliphatic carbocycles. The predicted octanol–water partition coefficient (Wildman–Crippen LogP) is 2.42. The fraction of sp³-hybridized carbons (Fsp3) is 0.385. The number of hydrogen-bond donors (Lipinski definition) is 1. The zero-order chi connectivity index (χ0) is 16.9. The first-order valence-corrected chi connectivity index (χ1v) is 8.06. The van der Waals surface area contributed by atoms with Gasteiger partial charge in [-0.3, -0.25) is 4.79 Å². The summed E-state index contributed by atoms with van der Waals surface area (Å²) in [6.07, 6.45) is -1.11. The lowest BCUT2D eigenvalue weighted by molar-refractivity contribution is 0.0388. The van der Waals surface area contributed by atoms with Crippen LogP contribution in [0.4, 0.5) is 13.6 Å². The summed E-state index contributed by atoms with van der Waals surface area (Å²) in [5.41, 5.74) is -0.542. The van der Waals surface area contributed by atoms with Crippen LogP contribution in [-0.2, 0) is 0 Å². The van der Waals surface area contributed by atoms with Crippen LogP contribution >= 0.6 is 34.2 Å². The summed E-state index contributed by atoms with van der Waals surface area (Å²) >= 11 is 7.52. The van der Waals surface area contributed by atoms with Gasteiger partial charge in [0.15, 0.2) is 17.4 Å². The number of hydrogen-bond acceptors (Lipinski definition) is 3. The van der Waals surface area contributed by atoms with Gasteiger partial charge in [-0.25, -0.2) is 13.6 Å². The Morgan fingerprint density at radius 2 is 2.04 bits per heavy atom. The van der Waals surface area contributed by atoms with E-state index in [0.717, 1.165) is 4.90 Å².